The highest BCUT2D eigenvalue weighted by Crippen LogP contribution is 2.32. The lowest BCUT2D eigenvalue weighted by molar-refractivity contribution is -0.158. The lowest BCUT2D eigenvalue weighted by Gasteiger charge is -2.35. The predicted molar refractivity (Wildman–Crippen MR) is 151 cm³/mol. The molecule has 11 nitrogen and oxygen atoms in total. The standard InChI is InChI=1S/C28H42N4O7Si/c1-28(2,3)39-27(36)30-21-14-29-15-23(21)38-19-7-8-20-18(13-19)16-31(25(20)34)22-9-10-24(33)32(26(22)35)17-37-11-12-40(4,5)6/h7-8,13,21-23,29H,9-12,14-17H2,1-6H3,(H,30,36)/t21-,22?,23-/m0/s1. The van der Waals surface area contributed by atoms with E-state index in [2.05, 4.69) is 30.3 Å². The molecule has 3 heterocycles. The Balaban J connectivity index is 1.37. The molecule has 220 valence electrons. The summed E-state index contributed by atoms with van der Waals surface area (Å²) in [5, 5.41) is 6.09. The van der Waals surface area contributed by atoms with Gasteiger partial charge in [-0.15, -0.1) is 0 Å². The molecule has 0 bridgehead atoms. The zero-order valence-corrected chi connectivity index (χ0v) is 25.4. The van der Waals surface area contributed by atoms with Crippen LogP contribution in [0.5, 0.6) is 5.75 Å². The highest BCUT2D eigenvalue weighted by molar-refractivity contribution is 6.76. The van der Waals surface area contributed by atoms with E-state index in [0.717, 1.165) is 16.5 Å². The Morgan fingerprint density at radius 2 is 1.90 bits per heavy atom. The number of nitrogens with zero attached hydrogens (tertiary/aromatic N) is 2. The van der Waals surface area contributed by atoms with Crippen LogP contribution >= 0.6 is 0 Å². The van der Waals surface area contributed by atoms with E-state index in [4.69, 9.17) is 14.2 Å². The van der Waals surface area contributed by atoms with Crippen LogP contribution in [-0.2, 0) is 25.6 Å². The van der Waals surface area contributed by atoms with Crippen molar-refractivity contribution < 1.29 is 33.4 Å². The topological polar surface area (TPSA) is 127 Å². The Bertz CT molecular complexity index is 1150. The second-order valence-electron chi connectivity index (χ2n) is 12.9. The quantitative estimate of drug-likeness (QED) is 0.262. The molecule has 0 aliphatic carbocycles. The zero-order chi connectivity index (χ0) is 29.2. The van der Waals surface area contributed by atoms with E-state index in [1.54, 1.807) is 17.0 Å². The Morgan fingerprint density at radius 3 is 2.60 bits per heavy atom. The van der Waals surface area contributed by atoms with E-state index in [-0.39, 0.29) is 50.1 Å². The third-order valence-corrected chi connectivity index (χ3v) is 8.84. The van der Waals surface area contributed by atoms with Crippen molar-refractivity contribution in [3.63, 3.8) is 0 Å². The molecular formula is C28H42N4O7Si. The summed E-state index contributed by atoms with van der Waals surface area (Å²) in [7, 11) is -1.30. The monoisotopic (exact) mass is 574 g/mol. The Kier molecular flexibility index (Phi) is 8.91. The van der Waals surface area contributed by atoms with Crippen LogP contribution in [0.15, 0.2) is 18.2 Å². The van der Waals surface area contributed by atoms with Gasteiger partial charge in [0.25, 0.3) is 11.8 Å². The summed E-state index contributed by atoms with van der Waals surface area (Å²) in [5.41, 5.74) is 0.672. The smallest absolute Gasteiger partial charge is 0.408 e. The van der Waals surface area contributed by atoms with Gasteiger partial charge in [-0.1, -0.05) is 19.6 Å². The SMILES string of the molecule is CC(C)(C)OC(=O)N[C@H]1CNC[C@@H]1Oc1ccc2c(c1)CN(C1CCC(=O)N(COCC[Si](C)(C)C)C1=O)C2=O. The summed E-state index contributed by atoms with van der Waals surface area (Å²) < 4.78 is 17.2. The number of hydrogen-bond acceptors (Lipinski definition) is 8. The van der Waals surface area contributed by atoms with Gasteiger partial charge >= 0.3 is 6.09 Å². The minimum absolute atomic E-state index is 0.0838. The maximum atomic E-state index is 13.3. The Morgan fingerprint density at radius 1 is 1.15 bits per heavy atom. The molecule has 3 aliphatic rings. The first-order valence-electron chi connectivity index (χ1n) is 13.9. The van der Waals surface area contributed by atoms with E-state index in [0.29, 0.717) is 31.0 Å². The molecule has 2 fully saturated rings. The molecule has 0 aromatic heterocycles. The molecule has 1 aromatic carbocycles. The van der Waals surface area contributed by atoms with Gasteiger partial charge in [0.2, 0.25) is 5.91 Å². The normalized spacial score (nSPS) is 23.4. The maximum Gasteiger partial charge on any atom is 0.408 e. The van der Waals surface area contributed by atoms with Gasteiger partial charge in [-0.25, -0.2) is 4.79 Å². The van der Waals surface area contributed by atoms with Gasteiger partial charge < -0.3 is 29.7 Å². The first kappa shape index (κ1) is 30.0. The van der Waals surface area contributed by atoms with E-state index >= 15 is 0 Å². The number of imide groups is 1. The number of ether oxygens (including phenoxy) is 3. The maximum absolute atomic E-state index is 13.3. The number of piperidine rings is 1. The molecule has 0 saturated carbocycles. The Labute approximate surface area is 236 Å². The van der Waals surface area contributed by atoms with Crippen LogP contribution in [0.2, 0.25) is 25.7 Å². The number of carbonyl (C=O) groups excluding carboxylic acids is 4. The van der Waals surface area contributed by atoms with Crippen molar-refractivity contribution in [2.24, 2.45) is 0 Å². The fourth-order valence-electron chi connectivity index (χ4n) is 4.98. The summed E-state index contributed by atoms with van der Waals surface area (Å²) in [6.07, 6.45) is -0.351. The van der Waals surface area contributed by atoms with E-state index in [9.17, 15) is 19.2 Å². The average Bonchev–Trinajstić information content (AvgIpc) is 3.40. The molecule has 1 aromatic rings. The van der Waals surface area contributed by atoms with Crippen molar-refractivity contribution in [2.75, 3.05) is 26.4 Å². The minimum atomic E-state index is -1.30. The molecule has 1 unspecified atom stereocenters. The average molecular weight is 575 g/mol. The number of hydrogen-bond donors (Lipinski definition) is 2. The van der Waals surface area contributed by atoms with Gasteiger partial charge in [0, 0.05) is 46.3 Å². The van der Waals surface area contributed by atoms with Crippen LogP contribution in [0.3, 0.4) is 0 Å². The van der Waals surface area contributed by atoms with E-state index < -0.39 is 31.7 Å². The van der Waals surface area contributed by atoms with Crippen LogP contribution in [0, 0.1) is 0 Å². The molecule has 0 radical (unpaired) electrons. The van der Waals surface area contributed by atoms with Crippen molar-refractivity contribution in [2.45, 2.75) is 89.6 Å². The number of likely N-dealkylation sites (tertiary alicyclic amines) is 1. The van der Waals surface area contributed by atoms with E-state index in [1.165, 1.54) is 0 Å². The molecular weight excluding hydrogens is 532 g/mol. The second kappa shape index (κ2) is 11.9. The van der Waals surface area contributed by atoms with Gasteiger partial charge in [0.1, 0.15) is 30.2 Å². The molecule has 2 saturated heterocycles. The molecule has 4 rings (SSSR count). The number of rotatable bonds is 9. The van der Waals surface area contributed by atoms with Crippen molar-refractivity contribution in [1.82, 2.24) is 20.4 Å². The molecule has 12 heteroatoms. The van der Waals surface area contributed by atoms with Gasteiger partial charge in [-0.2, -0.15) is 0 Å². The first-order valence-corrected chi connectivity index (χ1v) is 17.7. The van der Waals surface area contributed by atoms with E-state index in [1.807, 2.05) is 26.8 Å². The highest BCUT2D eigenvalue weighted by Gasteiger charge is 2.43. The summed E-state index contributed by atoms with van der Waals surface area (Å²) in [6.45, 7) is 13.9. The van der Waals surface area contributed by atoms with Crippen molar-refractivity contribution in [1.29, 1.82) is 0 Å². The Hall–Kier alpha value is -2.96. The van der Waals surface area contributed by atoms with Crippen LogP contribution in [0.4, 0.5) is 4.79 Å². The minimum Gasteiger partial charge on any atom is -0.487 e. The number of alkyl carbamates (subject to hydrolysis) is 1. The number of nitrogens with one attached hydrogen (secondary N) is 2. The third kappa shape index (κ3) is 7.41. The summed E-state index contributed by atoms with van der Waals surface area (Å²) in [5.74, 6) is -0.328. The molecule has 2 N–H and O–H groups in total. The zero-order valence-electron chi connectivity index (χ0n) is 24.4. The van der Waals surface area contributed by atoms with Crippen LogP contribution in [-0.4, -0.2) is 91.9 Å². The van der Waals surface area contributed by atoms with Gasteiger partial charge in [0.05, 0.1) is 6.04 Å². The number of amides is 4. The second-order valence-corrected chi connectivity index (χ2v) is 18.5. The fraction of sp³-hybridized carbons (Fsp3) is 0.643. The van der Waals surface area contributed by atoms with Crippen molar-refractivity contribution >= 4 is 31.9 Å². The van der Waals surface area contributed by atoms with Gasteiger partial charge in [-0.3, -0.25) is 19.3 Å². The third-order valence-electron chi connectivity index (χ3n) is 7.13. The number of carbonyl (C=O) groups is 4. The number of fused-ring (bicyclic) bond motifs is 1. The summed E-state index contributed by atoms with van der Waals surface area (Å²) >= 11 is 0. The molecule has 40 heavy (non-hydrogen) atoms. The predicted octanol–water partition coefficient (Wildman–Crippen LogP) is 2.72. The van der Waals surface area contributed by atoms with Crippen molar-refractivity contribution in [3.8, 4) is 5.75 Å². The van der Waals surface area contributed by atoms with Crippen LogP contribution in [0.1, 0.15) is 49.5 Å². The largest absolute Gasteiger partial charge is 0.487 e. The molecule has 3 atom stereocenters. The summed E-state index contributed by atoms with van der Waals surface area (Å²) in [6, 6.07) is 5.19. The molecule has 3 aliphatic heterocycles. The fourth-order valence-corrected chi connectivity index (χ4v) is 5.74. The van der Waals surface area contributed by atoms with Crippen molar-refractivity contribution in [3.05, 3.63) is 29.3 Å². The van der Waals surface area contributed by atoms with Gasteiger partial charge in [-0.05, 0) is 57.0 Å². The van der Waals surface area contributed by atoms with Gasteiger partial charge in [0.15, 0.2) is 0 Å². The highest BCUT2D eigenvalue weighted by atomic mass is 28.3. The first-order chi connectivity index (χ1) is 18.7. The number of benzene rings is 1. The summed E-state index contributed by atoms with van der Waals surface area (Å²) in [4.78, 5) is 54.0. The molecule has 4 amide bonds. The van der Waals surface area contributed by atoms with Crippen LogP contribution < -0.4 is 15.4 Å². The lowest BCUT2D eigenvalue weighted by atomic mass is 10.0. The lowest BCUT2D eigenvalue weighted by Crippen LogP contribution is -2.55. The van der Waals surface area contributed by atoms with Crippen LogP contribution in [0.25, 0.3) is 0 Å². The molecule has 0 spiro atoms.